The number of hydrogen-bond donors (Lipinski definition) is 3. The predicted octanol–water partition coefficient (Wildman–Crippen LogP) is 2.60. The predicted molar refractivity (Wildman–Crippen MR) is 108 cm³/mol. The molecule has 1 aliphatic heterocycles. The summed E-state index contributed by atoms with van der Waals surface area (Å²) in [6.45, 7) is 3.30. The van der Waals surface area contributed by atoms with E-state index < -0.39 is 6.04 Å². The van der Waals surface area contributed by atoms with Gasteiger partial charge in [-0.05, 0) is 75.0 Å². The van der Waals surface area contributed by atoms with Crippen LogP contribution >= 0.6 is 0 Å². The second kappa shape index (κ2) is 10.9. The first-order chi connectivity index (χ1) is 13.7. The van der Waals surface area contributed by atoms with E-state index in [4.69, 9.17) is 0 Å². The molecule has 0 spiro atoms. The molecule has 1 fully saturated rings. The summed E-state index contributed by atoms with van der Waals surface area (Å²) in [6.07, 6.45) is 7.50. The number of carbonyl (C=O) groups excluding carboxylic acids is 1. The number of benzene rings is 1. The lowest BCUT2D eigenvalue weighted by atomic mass is 9.94. The highest BCUT2D eigenvalue weighted by Crippen LogP contribution is 2.19. The summed E-state index contributed by atoms with van der Waals surface area (Å²) in [5.74, 6) is 0.111. The van der Waals surface area contributed by atoms with Crippen molar-refractivity contribution in [2.75, 3.05) is 26.2 Å². The number of aromatic nitrogens is 1. The number of hydrogen-bond acceptors (Lipinski definition) is 4. The van der Waals surface area contributed by atoms with E-state index in [1.807, 2.05) is 12.1 Å². The van der Waals surface area contributed by atoms with Gasteiger partial charge in [-0.1, -0.05) is 18.2 Å². The monoisotopic (exact) mass is 384 g/mol. The number of nitrogens with zero attached hydrogens (tertiary/aromatic N) is 1. The van der Waals surface area contributed by atoms with Crippen molar-refractivity contribution in [2.24, 2.45) is 5.92 Å². The summed E-state index contributed by atoms with van der Waals surface area (Å²) in [6, 6.07) is 9.67. The van der Waals surface area contributed by atoms with E-state index in [2.05, 4.69) is 20.9 Å². The van der Waals surface area contributed by atoms with Gasteiger partial charge in [0, 0.05) is 24.5 Å². The zero-order valence-corrected chi connectivity index (χ0v) is 16.2. The maximum Gasteiger partial charge on any atom is 0.241 e. The molecule has 1 amide bonds. The molecule has 0 aliphatic carbocycles. The Hall–Kier alpha value is -2.31. The quantitative estimate of drug-likeness (QED) is 0.622. The average molecular weight is 384 g/mol. The first-order valence-corrected chi connectivity index (χ1v) is 10.1. The number of halogens is 1. The van der Waals surface area contributed by atoms with E-state index in [0.717, 1.165) is 37.9 Å². The Labute approximate surface area is 166 Å². The third-order valence-electron chi connectivity index (χ3n) is 5.30. The van der Waals surface area contributed by atoms with Gasteiger partial charge in [0.05, 0.1) is 0 Å². The van der Waals surface area contributed by atoms with Gasteiger partial charge in [-0.15, -0.1) is 0 Å². The summed E-state index contributed by atoms with van der Waals surface area (Å²) in [5.41, 5.74) is 1.51. The molecule has 1 saturated heterocycles. The number of piperidine rings is 1. The van der Waals surface area contributed by atoms with Crippen molar-refractivity contribution in [2.45, 2.75) is 31.7 Å². The average Bonchev–Trinajstić information content (AvgIpc) is 2.73. The number of carbonyl (C=O) groups is 1. The maximum absolute atomic E-state index is 14.3. The largest absolute Gasteiger partial charge is 0.354 e. The number of amides is 1. The first kappa shape index (κ1) is 20.4. The van der Waals surface area contributed by atoms with Gasteiger partial charge in [0.25, 0.3) is 0 Å². The lowest BCUT2D eigenvalue weighted by Crippen LogP contribution is -2.40. The van der Waals surface area contributed by atoms with Crippen molar-refractivity contribution in [3.8, 4) is 0 Å². The Morgan fingerprint density at radius 2 is 1.89 bits per heavy atom. The first-order valence-electron chi connectivity index (χ1n) is 10.1. The minimum absolute atomic E-state index is 0.190. The topological polar surface area (TPSA) is 66.0 Å². The van der Waals surface area contributed by atoms with Gasteiger partial charge in [-0.25, -0.2) is 4.39 Å². The number of rotatable bonds is 9. The SMILES string of the molecule is O=C(NCCc1ccncc1)[C@@H](NCCC1CCNCC1)c1ccccc1F. The van der Waals surface area contributed by atoms with E-state index in [1.54, 1.807) is 30.6 Å². The molecular formula is C22H29FN4O. The zero-order valence-electron chi connectivity index (χ0n) is 16.2. The van der Waals surface area contributed by atoms with Gasteiger partial charge >= 0.3 is 0 Å². The summed E-state index contributed by atoms with van der Waals surface area (Å²) in [4.78, 5) is 16.8. The normalized spacial score (nSPS) is 15.9. The summed E-state index contributed by atoms with van der Waals surface area (Å²) in [5, 5.41) is 9.60. The van der Waals surface area contributed by atoms with Crippen molar-refractivity contribution in [1.82, 2.24) is 20.9 Å². The van der Waals surface area contributed by atoms with Crippen LogP contribution in [0, 0.1) is 11.7 Å². The van der Waals surface area contributed by atoms with Crippen LogP contribution in [0.25, 0.3) is 0 Å². The Bertz CT molecular complexity index is 734. The molecule has 2 aromatic rings. The van der Waals surface area contributed by atoms with Crippen LogP contribution in [0.4, 0.5) is 4.39 Å². The van der Waals surface area contributed by atoms with Crippen molar-refractivity contribution in [3.63, 3.8) is 0 Å². The molecule has 6 heteroatoms. The molecule has 1 aliphatic rings. The van der Waals surface area contributed by atoms with E-state index in [-0.39, 0.29) is 11.7 Å². The molecule has 1 aromatic heterocycles. The molecule has 0 bridgehead atoms. The molecule has 28 heavy (non-hydrogen) atoms. The lowest BCUT2D eigenvalue weighted by molar-refractivity contribution is -0.123. The van der Waals surface area contributed by atoms with Crippen molar-refractivity contribution < 1.29 is 9.18 Å². The van der Waals surface area contributed by atoms with Gasteiger partial charge in [-0.3, -0.25) is 9.78 Å². The highest BCUT2D eigenvalue weighted by molar-refractivity contribution is 5.83. The van der Waals surface area contributed by atoms with Crippen molar-refractivity contribution >= 4 is 5.91 Å². The molecule has 1 aromatic carbocycles. The van der Waals surface area contributed by atoms with Crippen molar-refractivity contribution in [3.05, 3.63) is 65.7 Å². The van der Waals surface area contributed by atoms with Gasteiger partial charge in [0.15, 0.2) is 0 Å². The van der Waals surface area contributed by atoms with Crippen LogP contribution in [0.15, 0.2) is 48.8 Å². The second-order valence-corrected chi connectivity index (χ2v) is 7.29. The molecule has 0 saturated carbocycles. The van der Waals surface area contributed by atoms with Gasteiger partial charge in [0.2, 0.25) is 5.91 Å². The second-order valence-electron chi connectivity index (χ2n) is 7.29. The molecule has 0 radical (unpaired) electrons. The summed E-state index contributed by atoms with van der Waals surface area (Å²) in [7, 11) is 0. The third-order valence-corrected chi connectivity index (χ3v) is 5.30. The number of nitrogens with one attached hydrogen (secondary N) is 3. The Balaban J connectivity index is 1.56. The fourth-order valence-electron chi connectivity index (χ4n) is 3.64. The molecule has 1 atom stereocenters. The fraction of sp³-hybridized carbons (Fsp3) is 0.455. The molecule has 3 N–H and O–H groups in total. The maximum atomic E-state index is 14.3. The summed E-state index contributed by atoms with van der Waals surface area (Å²) >= 11 is 0. The van der Waals surface area contributed by atoms with E-state index >= 15 is 0 Å². The Kier molecular flexibility index (Phi) is 7.94. The lowest BCUT2D eigenvalue weighted by Gasteiger charge is -2.24. The third kappa shape index (κ3) is 6.11. The highest BCUT2D eigenvalue weighted by atomic mass is 19.1. The van der Waals surface area contributed by atoms with Crippen LogP contribution in [0.3, 0.4) is 0 Å². The smallest absolute Gasteiger partial charge is 0.241 e. The minimum Gasteiger partial charge on any atom is -0.354 e. The van der Waals surface area contributed by atoms with Crippen molar-refractivity contribution in [1.29, 1.82) is 0 Å². The van der Waals surface area contributed by atoms with Crippen LogP contribution in [0.1, 0.15) is 36.4 Å². The molecular weight excluding hydrogens is 355 g/mol. The Morgan fingerprint density at radius 3 is 2.64 bits per heavy atom. The molecule has 0 unspecified atom stereocenters. The minimum atomic E-state index is -0.680. The van der Waals surface area contributed by atoms with Crippen LogP contribution in [-0.4, -0.2) is 37.1 Å². The van der Waals surface area contributed by atoms with E-state index in [0.29, 0.717) is 31.0 Å². The molecule has 3 rings (SSSR count). The number of pyridine rings is 1. The molecule has 5 nitrogen and oxygen atoms in total. The van der Waals surface area contributed by atoms with E-state index in [9.17, 15) is 9.18 Å². The molecule has 2 heterocycles. The van der Waals surface area contributed by atoms with Crippen LogP contribution in [0.2, 0.25) is 0 Å². The Morgan fingerprint density at radius 1 is 1.14 bits per heavy atom. The van der Waals surface area contributed by atoms with Crippen LogP contribution in [0.5, 0.6) is 0 Å². The zero-order chi connectivity index (χ0) is 19.6. The van der Waals surface area contributed by atoms with Gasteiger partial charge in [0.1, 0.15) is 11.9 Å². The van der Waals surface area contributed by atoms with E-state index in [1.165, 1.54) is 6.07 Å². The van der Waals surface area contributed by atoms with Gasteiger partial charge < -0.3 is 16.0 Å². The van der Waals surface area contributed by atoms with Gasteiger partial charge in [-0.2, -0.15) is 0 Å². The van der Waals surface area contributed by atoms with Crippen LogP contribution in [-0.2, 0) is 11.2 Å². The fourth-order valence-corrected chi connectivity index (χ4v) is 3.64. The summed E-state index contributed by atoms with van der Waals surface area (Å²) < 4.78 is 14.3. The van der Waals surface area contributed by atoms with Crippen LogP contribution < -0.4 is 16.0 Å². The highest BCUT2D eigenvalue weighted by Gasteiger charge is 2.23. The standard InChI is InChI=1S/C22H29FN4O/c23-20-4-2-1-3-19(20)21(26-15-9-17-5-11-24-12-6-17)22(28)27-16-10-18-7-13-25-14-8-18/h1-4,7-8,13-14,17,21,24,26H,5-6,9-12,15-16H2,(H,27,28)/t21-/m0/s1. The molecule has 150 valence electrons.